The Morgan fingerprint density at radius 3 is 2.55 bits per heavy atom. The number of benzene rings is 1. The third-order valence-electron chi connectivity index (χ3n) is 4.12. The van der Waals surface area contributed by atoms with Gasteiger partial charge in [-0.15, -0.1) is 0 Å². The molecule has 1 aliphatic rings. The molecule has 0 N–H and O–H groups in total. The van der Waals surface area contributed by atoms with Crippen molar-refractivity contribution in [2.24, 2.45) is 0 Å². The minimum atomic E-state index is 0.0172. The fraction of sp³-hybridized carbons (Fsp3) is 0.625. The summed E-state index contributed by atoms with van der Waals surface area (Å²) in [5, 5.41) is 2.58. The van der Waals surface area contributed by atoms with E-state index in [2.05, 4.69) is 57.8 Å². The summed E-state index contributed by atoms with van der Waals surface area (Å²) in [5.41, 5.74) is 1.31. The average molecular weight is 425 g/mol. The van der Waals surface area contributed by atoms with Crippen molar-refractivity contribution in [1.29, 1.82) is 0 Å². The molecule has 0 saturated carbocycles. The Labute approximate surface area is 143 Å². The Morgan fingerprint density at radius 2 is 2.05 bits per heavy atom. The smallest absolute Gasteiger partial charge is 0.0631 e. The van der Waals surface area contributed by atoms with Crippen LogP contribution in [0.2, 0.25) is 5.02 Å². The molecule has 0 radical (unpaired) electrons. The second-order valence-corrected chi connectivity index (χ2v) is 7.86. The van der Waals surface area contributed by atoms with Crippen LogP contribution in [0.5, 0.6) is 0 Å². The van der Waals surface area contributed by atoms with Crippen molar-refractivity contribution in [3.05, 3.63) is 34.9 Å². The van der Waals surface area contributed by atoms with Crippen LogP contribution in [0.4, 0.5) is 0 Å². The van der Waals surface area contributed by atoms with E-state index >= 15 is 0 Å². The Kier molecular flexibility index (Phi) is 5.61. The van der Waals surface area contributed by atoms with Gasteiger partial charge in [0, 0.05) is 21.1 Å². The zero-order chi connectivity index (χ0) is 14.8. The van der Waals surface area contributed by atoms with E-state index in [0.717, 1.165) is 34.9 Å². The second kappa shape index (κ2) is 6.68. The van der Waals surface area contributed by atoms with Crippen molar-refractivity contribution in [3.8, 4) is 0 Å². The van der Waals surface area contributed by atoms with Gasteiger partial charge in [-0.1, -0.05) is 55.6 Å². The van der Waals surface area contributed by atoms with Gasteiger partial charge in [0.2, 0.25) is 0 Å². The van der Waals surface area contributed by atoms with Crippen LogP contribution in [0.1, 0.15) is 38.7 Å². The molecular weight excluding hydrogens is 403 g/mol. The first-order chi connectivity index (χ1) is 9.41. The lowest BCUT2D eigenvalue weighted by Gasteiger charge is -2.34. The lowest BCUT2D eigenvalue weighted by atomic mass is 9.79. The monoisotopic (exact) mass is 422 g/mol. The third kappa shape index (κ3) is 3.79. The summed E-state index contributed by atoms with van der Waals surface area (Å²) in [5.74, 6) is 0. The van der Waals surface area contributed by atoms with Gasteiger partial charge < -0.3 is 4.74 Å². The van der Waals surface area contributed by atoms with Crippen molar-refractivity contribution < 1.29 is 4.74 Å². The van der Waals surface area contributed by atoms with Gasteiger partial charge >= 0.3 is 0 Å². The molecule has 4 heteroatoms. The van der Waals surface area contributed by atoms with E-state index in [9.17, 15) is 0 Å². The summed E-state index contributed by atoms with van der Waals surface area (Å²) in [7, 11) is 0. The number of alkyl halides is 2. The van der Waals surface area contributed by atoms with Crippen LogP contribution in [-0.2, 0) is 10.2 Å². The maximum absolute atomic E-state index is 6.19. The maximum atomic E-state index is 6.19. The molecule has 1 aliphatic heterocycles. The molecule has 0 spiro atoms. The Balaban J connectivity index is 2.22. The average Bonchev–Trinajstić information content (AvgIpc) is 2.75. The SMILES string of the molecule is CC1(C)CCC(CC(CBr)(CBr)c2cccc(Cl)c2)O1. The lowest BCUT2D eigenvalue weighted by molar-refractivity contribution is -0.0247. The van der Waals surface area contributed by atoms with E-state index in [4.69, 9.17) is 16.3 Å². The second-order valence-electron chi connectivity index (χ2n) is 6.30. The van der Waals surface area contributed by atoms with Crippen molar-refractivity contribution in [1.82, 2.24) is 0 Å². The van der Waals surface area contributed by atoms with Gasteiger partial charge in [-0.05, 0) is 50.8 Å². The highest BCUT2D eigenvalue weighted by atomic mass is 79.9. The van der Waals surface area contributed by atoms with Gasteiger partial charge in [0.05, 0.1) is 11.7 Å². The van der Waals surface area contributed by atoms with Crippen molar-refractivity contribution in [2.75, 3.05) is 10.7 Å². The summed E-state index contributed by atoms with van der Waals surface area (Å²) < 4.78 is 6.19. The number of hydrogen-bond acceptors (Lipinski definition) is 1. The standard InChI is InChI=1S/C16H21Br2ClO/c1-15(2)7-6-14(20-15)9-16(10-17,11-18)12-4-3-5-13(19)8-12/h3-5,8,14H,6-7,9-11H2,1-2H3. The lowest BCUT2D eigenvalue weighted by Crippen LogP contribution is -2.35. The topological polar surface area (TPSA) is 9.23 Å². The Bertz CT molecular complexity index is 458. The van der Waals surface area contributed by atoms with Crippen LogP contribution >= 0.6 is 43.5 Å². The number of rotatable bonds is 5. The minimum Gasteiger partial charge on any atom is -0.372 e. The molecule has 1 unspecified atom stereocenters. The molecule has 1 heterocycles. The summed E-state index contributed by atoms with van der Waals surface area (Å²) >= 11 is 13.6. The number of hydrogen-bond donors (Lipinski definition) is 0. The third-order valence-corrected chi connectivity index (χ3v) is 6.50. The maximum Gasteiger partial charge on any atom is 0.0631 e. The molecule has 2 rings (SSSR count). The van der Waals surface area contributed by atoms with Crippen LogP contribution in [0, 0.1) is 0 Å². The van der Waals surface area contributed by atoms with Crippen LogP contribution in [-0.4, -0.2) is 22.4 Å². The molecule has 112 valence electrons. The first-order valence-corrected chi connectivity index (χ1v) is 9.59. The molecule has 1 atom stereocenters. The zero-order valence-corrected chi connectivity index (χ0v) is 15.9. The molecule has 1 aromatic carbocycles. The van der Waals surface area contributed by atoms with Crippen LogP contribution in [0.25, 0.3) is 0 Å². The molecule has 1 saturated heterocycles. The van der Waals surface area contributed by atoms with Crippen LogP contribution < -0.4 is 0 Å². The van der Waals surface area contributed by atoms with Crippen molar-refractivity contribution >= 4 is 43.5 Å². The summed E-state index contributed by atoms with van der Waals surface area (Å²) in [6.07, 6.45) is 3.59. The molecular formula is C16H21Br2ClO. The molecule has 20 heavy (non-hydrogen) atoms. The quantitative estimate of drug-likeness (QED) is 0.550. The summed E-state index contributed by atoms with van der Waals surface area (Å²) in [6.45, 7) is 4.35. The Hall–Kier alpha value is 0.430. The van der Waals surface area contributed by atoms with Gasteiger partial charge in [0.15, 0.2) is 0 Å². The molecule has 1 nitrogen and oxygen atoms in total. The van der Waals surface area contributed by atoms with Gasteiger partial charge in [-0.25, -0.2) is 0 Å². The van der Waals surface area contributed by atoms with Gasteiger partial charge in [-0.2, -0.15) is 0 Å². The highest BCUT2D eigenvalue weighted by molar-refractivity contribution is 9.09. The Morgan fingerprint density at radius 1 is 1.35 bits per heavy atom. The molecule has 0 aliphatic carbocycles. The number of ether oxygens (including phenoxy) is 1. The predicted octanol–water partition coefficient (Wildman–Crippen LogP) is 5.72. The van der Waals surface area contributed by atoms with Crippen molar-refractivity contribution in [2.45, 2.75) is 50.2 Å². The minimum absolute atomic E-state index is 0.0172. The van der Waals surface area contributed by atoms with Gasteiger partial charge in [-0.3, -0.25) is 0 Å². The first kappa shape index (κ1) is 16.8. The first-order valence-electron chi connectivity index (χ1n) is 6.97. The van der Waals surface area contributed by atoms with E-state index in [1.54, 1.807) is 0 Å². The fourth-order valence-electron chi connectivity index (χ4n) is 2.89. The largest absolute Gasteiger partial charge is 0.372 e. The number of halogens is 3. The van der Waals surface area contributed by atoms with Gasteiger partial charge in [0.1, 0.15) is 0 Å². The highest BCUT2D eigenvalue weighted by Gasteiger charge is 2.39. The van der Waals surface area contributed by atoms with E-state index in [0.29, 0.717) is 6.10 Å². The molecule has 1 aromatic rings. The van der Waals surface area contributed by atoms with E-state index in [-0.39, 0.29) is 11.0 Å². The summed E-state index contributed by atoms with van der Waals surface area (Å²) in [4.78, 5) is 0. The highest BCUT2D eigenvalue weighted by Crippen LogP contribution is 2.40. The van der Waals surface area contributed by atoms with E-state index in [1.807, 2.05) is 12.1 Å². The van der Waals surface area contributed by atoms with Crippen LogP contribution in [0.3, 0.4) is 0 Å². The molecule has 0 amide bonds. The van der Waals surface area contributed by atoms with Crippen LogP contribution in [0.15, 0.2) is 24.3 Å². The molecule has 0 bridgehead atoms. The van der Waals surface area contributed by atoms with E-state index in [1.165, 1.54) is 5.56 Å². The molecule has 0 aromatic heterocycles. The van der Waals surface area contributed by atoms with Gasteiger partial charge in [0.25, 0.3) is 0 Å². The zero-order valence-electron chi connectivity index (χ0n) is 12.0. The van der Waals surface area contributed by atoms with E-state index < -0.39 is 0 Å². The normalized spacial score (nSPS) is 22.1. The fourth-order valence-corrected chi connectivity index (χ4v) is 5.12. The summed E-state index contributed by atoms with van der Waals surface area (Å²) in [6, 6.07) is 8.18. The molecule has 1 fully saturated rings. The van der Waals surface area contributed by atoms with Crippen molar-refractivity contribution in [3.63, 3.8) is 0 Å². The predicted molar refractivity (Wildman–Crippen MR) is 93.5 cm³/mol.